The molecule has 0 aliphatic heterocycles. The Bertz CT molecular complexity index is 920. The first kappa shape index (κ1) is 15.0. The lowest BCUT2D eigenvalue weighted by Crippen LogP contribution is -2.28. The molecule has 0 aliphatic rings. The maximum atomic E-state index is 12.6. The standard InChI is InChI=1S/C17H17N3O3/c1-9(15-10(2)20-23-11(15)3)19-17(22)14-8-18-16(21)13-7-5-4-6-12(13)14/h4-9H,1-3H3,(H,18,21)(H,19,22)/t9-/m1/s1. The Hall–Kier alpha value is -2.89. The van der Waals surface area contributed by atoms with Crippen LogP contribution in [0.5, 0.6) is 0 Å². The number of aryl methyl sites for hydroxylation is 2. The van der Waals surface area contributed by atoms with Crippen molar-refractivity contribution in [1.29, 1.82) is 0 Å². The average molecular weight is 311 g/mol. The number of nitrogens with zero attached hydrogens (tertiary/aromatic N) is 1. The van der Waals surface area contributed by atoms with E-state index in [9.17, 15) is 9.59 Å². The lowest BCUT2D eigenvalue weighted by molar-refractivity contribution is 0.0941. The molecule has 0 bridgehead atoms. The first-order chi connectivity index (χ1) is 11.0. The van der Waals surface area contributed by atoms with Gasteiger partial charge in [-0.15, -0.1) is 0 Å². The van der Waals surface area contributed by atoms with Crippen LogP contribution in [0.3, 0.4) is 0 Å². The van der Waals surface area contributed by atoms with Crippen LogP contribution in [0.25, 0.3) is 10.8 Å². The molecule has 0 aliphatic carbocycles. The fourth-order valence-corrected chi connectivity index (χ4v) is 2.85. The van der Waals surface area contributed by atoms with Crippen LogP contribution in [0, 0.1) is 13.8 Å². The normalized spacial score (nSPS) is 12.3. The number of benzene rings is 1. The van der Waals surface area contributed by atoms with Crippen LogP contribution in [0.4, 0.5) is 0 Å². The molecule has 0 fully saturated rings. The molecule has 23 heavy (non-hydrogen) atoms. The topological polar surface area (TPSA) is 88.0 Å². The van der Waals surface area contributed by atoms with Crippen LogP contribution in [0.15, 0.2) is 39.8 Å². The summed E-state index contributed by atoms with van der Waals surface area (Å²) in [6, 6.07) is 6.78. The molecule has 1 amide bonds. The van der Waals surface area contributed by atoms with Crippen molar-refractivity contribution in [2.24, 2.45) is 0 Å². The minimum Gasteiger partial charge on any atom is -0.361 e. The second-order valence-corrected chi connectivity index (χ2v) is 5.51. The molecule has 0 spiro atoms. The number of carbonyl (C=O) groups excluding carboxylic acids is 1. The van der Waals surface area contributed by atoms with E-state index in [0.717, 1.165) is 11.3 Å². The van der Waals surface area contributed by atoms with Gasteiger partial charge >= 0.3 is 0 Å². The number of carbonyl (C=O) groups is 1. The third-order valence-electron chi connectivity index (χ3n) is 3.92. The third-order valence-corrected chi connectivity index (χ3v) is 3.92. The van der Waals surface area contributed by atoms with E-state index in [2.05, 4.69) is 15.5 Å². The molecule has 1 atom stereocenters. The number of aromatic nitrogens is 2. The van der Waals surface area contributed by atoms with E-state index in [-0.39, 0.29) is 17.5 Å². The average Bonchev–Trinajstić information content (AvgIpc) is 2.86. The van der Waals surface area contributed by atoms with E-state index >= 15 is 0 Å². The van der Waals surface area contributed by atoms with Crippen molar-refractivity contribution in [2.75, 3.05) is 0 Å². The van der Waals surface area contributed by atoms with Gasteiger partial charge in [-0.2, -0.15) is 0 Å². The van der Waals surface area contributed by atoms with Gasteiger partial charge in [-0.3, -0.25) is 9.59 Å². The van der Waals surface area contributed by atoms with Gasteiger partial charge in [-0.25, -0.2) is 0 Å². The summed E-state index contributed by atoms with van der Waals surface area (Å²) in [6.45, 7) is 5.52. The first-order valence-corrected chi connectivity index (χ1v) is 7.33. The van der Waals surface area contributed by atoms with E-state index < -0.39 is 0 Å². The van der Waals surface area contributed by atoms with Gasteiger partial charge in [0.15, 0.2) is 0 Å². The molecular weight excluding hydrogens is 294 g/mol. The molecule has 6 heteroatoms. The highest BCUT2D eigenvalue weighted by molar-refractivity contribution is 6.06. The van der Waals surface area contributed by atoms with Crippen molar-refractivity contribution in [3.05, 3.63) is 63.4 Å². The Labute approximate surface area is 132 Å². The summed E-state index contributed by atoms with van der Waals surface area (Å²) in [5, 5.41) is 7.95. The lowest BCUT2D eigenvalue weighted by Gasteiger charge is -2.14. The number of fused-ring (bicyclic) bond motifs is 1. The highest BCUT2D eigenvalue weighted by atomic mass is 16.5. The number of amides is 1. The second kappa shape index (κ2) is 5.72. The monoisotopic (exact) mass is 311 g/mol. The second-order valence-electron chi connectivity index (χ2n) is 5.51. The fraction of sp³-hybridized carbons (Fsp3) is 0.235. The molecule has 118 valence electrons. The van der Waals surface area contributed by atoms with E-state index in [1.54, 1.807) is 24.3 Å². The van der Waals surface area contributed by atoms with Gasteiger partial charge < -0.3 is 14.8 Å². The molecule has 3 rings (SSSR count). The maximum Gasteiger partial charge on any atom is 0.255 e. The third kappa shape index (κ3) is 2.63. The van der Waals surface area contributed by atoms with Crippen molar-refractivity contribution in [1.82, 2.24) is 15.5 Å². The van der Waals surface area contributed by atoms with Crippen molar-refractivity contribution >= 4 is 16.7 Å². The van der Waals surface area contributed by atoms with Crippen molar-refractivity contribution in [3.8, 4) is 0 Å². The van der Waals surface area contributed by atoms with Gasteiger partial charge in [0.05, 0.1) is 17.3 Å². The number of rotatable bonds is 3. The van der Waals surface area contributed by atoms with E-state index in [1.165, 1.54) is 6.20 Å². The Morgan fingerprint density at radius 1 is 1.26 bits per heavy atom. The Balaban J connectivity index is 1.96. The highest BCUT2D eigenvalue weighted by Gasteiger charge is 2.20. The highest BCUT2D eigenvalue weighted by Crippen LogP contribution is 2.22. The number of hydrogen-bond acceptors (Lipinski definition) is 4. The molecule has 2 N–H and O–H groups in total. The summed E-state index contributed by atoms with van der Waals surface area (Å²) in [7, 11) is 0. The molecule has 3 aromatic rings. The summed E-state index contributed by atoms with van der Waals surface area (Å²) >= 11 is 0. The molecule has 2 heterocycles. The van der Waals surface area contributed by atoms with E-state index in [4.69, 9.17) is 4.52 Å². The van der Waals surface area contributed by atoms with Crippen molar-refractivity contribution in [2.45, 2.75) is 26.8 Å². The fourth-order valence-electron chi connectivity index (χ4n) is 2.85. The largest absolute Gasteiger partial charge is 0.361 e. The molecular formula is C17H17N3O3. The van der Waals surface area contributed by atoms with Gasteiger partial charge in [-0.05, 0) is 26.8 Å². The Morgan fingerprint density at radius 3 is 2.61 bits per heavy atom. The molecule has 2 aromatic heterocycles. The van der Waals surface area contributed by atoms with Crippen LogP contribution in [0.1, 0.15) is 40.3 Å². The zero-order valence-electron chi connectivity index (χ0n) is 13.1. The molecule has 0 unspecified atom stereocenters. The van der Waals surface area contributed by atoms with Crippen molar-refractivity contribution < 1.29 is 9.32 Å². The van der Waals surface area contributed by atoms with Crippen LogP contribution in [-0.4, -0.2) is 16.0 Å². The van der Waals surface area contributed by atoms with Gasteiger partial charge in [-0.1, -0.05) is 23.4 Å². The van der Waals surface area contributed by atoms with E-state index in [1.807, 2.05) is 20.8 Å². The Morgan fingerprint density at radius 2 is 1.96 bits per heavy atom. The van der Waals surface area contributed by atoms with Crippen LogP contribution >= 0.6 is 0 Å². The summed E-state index contributed by atoms with van der Waals surface area (Å²) in [5.74, 6) is 0.423. The molecule has 6 nitrogen and oxygen atoms in total. The number of pyridine rings is 1. The SMILES string of the molecule is Cc1noc(C)c1[C@@H](C)NC(=O)c1c[nH]c(=O)c2ccccc12. The predicted octanol–water partition coefficient (Wildman–Crippen LogP) is 2.62. The smallest absolute Gasteiger partial charge is 0.255 e. The number of hydrogen-bond donors (Lipinski definition) is 2. The van der Waals surface area contributed by atoms with Crippen LogP contribution < -0.4 is 10.9 Å². The Kier molecular flexibility index (Phi) is 3.73. The summed E-state index contributed by atoms with van der Waals surface area (Å²) in [6.07, 6.45) is 1.44. The number of H-pyrrole nitrogens is 1. The number of aromatic amines is 1. The first-order valence-electron chi connectivity index (χ1n) is 7.33. The number of nitrogens with one attached hydrogen (secondary N) is 2. The van der Waals surface area contributed by atoms with Gasteiger partial charge in [0, 0.05) is 22.5 Å². The predicted molar refractivity (Wildman–Crippen MR) is 86.4 cm³/mol. The summed E-state index contributed by atoms with van der Waals surface area (Å²) < 4.78 is 5.14. The minimum atomic E-state index is -0.259. The summed E-state index contributed by atoms with van der Waals surface area (Å²) in [4.78, 5) is 27.1. The van der Waals surface area contributed by atoms with Crippen molar-refractivity contribution in [3.63, 3.8) is 0 Å². The molecule has 0 radical (unpaired) electrons. The van der Waals surface area contributed by atoms with Gasteiger partial charge in [0.25, 0.3) is 11.5 Å². The lowest BCUT2D eigenvalue weighted by atomic mass is 10.0. The maximum absolute atomic E-state index is 12.6. The molecule has 1 aromatic carbocycles. The van der Waals surface area contributed by atoms with Gasteiger partial charge in [0.2, 0.25) is 0 Å². The molecule has 0 saturated carbocycles. The van der Waals surface area contributed by atoms with Gasteiger partial charge in [0.1, 0.15) is 5.76 Å². The molecule has 0 saturated heterocycles. The zero-order chi connectivity index (χ0) is 16.6. The van der Waals surface area contributed by atoms with Crippen LogP contribution in [-0.2, 0) is 0 Å². The van der Waals surface area contributed by atoms with Crippen LogP contribution in [0.2, 0.25) is 0 Å². The van der Waals surface area contributed by atoms with E-state index in [0.29, 0.717) is 22.1 Å². The quantitative estimate of drug-likeness (QED) is 0.778. The zero-order valence-corrected chi connectivity index (χ0v) is 13.1. The minimum absolute atomic E-state index is 0.212. The summed E-state index contributed by atoms with van der Waals surface area (Å²) in [5.41, 5.74) is 1.84.